The third-order valence-electron chi connectivity index (χ3n) is 2.14. The summed E-state index contributed by atoms with van der Waals surface area (Å²) in [6.07, 6.45) is 4.38. The molecule has 0 amide bonds. The molecule has 2 rings (SSSR count). The van der Waals surface area contributed by atoms with Crippen LogP contribution in [0.3, 0.4) is 0 Å². The molecule has 1 aromatic heterocycles. The zero-order valence-electron chi connectivity index (χ0n) is 5.66. The Bertz CT molecular complexity index is 207. The van der Waals surface area contributed by atoms with E-state index < -0.39 is 0 Å². The monoisotopic (exact) mass is 154 g/mol. The van der Waals surface area contributed by atoms with E-state index in [0.29, 0.717) is 12.0 Å². The molecule has 1 aliphatic carbocycles. The molecule has 2 unspecified atom stereocenters. The second-order valence-corrected chi connectivity index (χ2v) is 3.67. The van der Waals surface area contributed by atoms with Crippen LogP contribution in [0.25, 0.3) is 0 Å². The van der Waals surface area contributed by atoms with Crippen LogP contribution in [0.4, 0.5) is 0 Å². The van der Waals surface area contributed by atoms with Crippen LogP contribution in [0.5, 0.6) is 0 Å². The molecule has 1 heterocycles. The number of nitrogens with zero attached hydrogens (tertiary/aromatic N) is 1. The first-order chi connectivity index (χ1) is 4.88. The normalized spacial score (nSPS) is 31.7. The average molecular weight is 154 g/mol. The SMILES string of the molecule is NC1CCC1c1cncs1. The zero-order valence-corrected chi connectivity index (χ0v) is 6.47. The molecule has 0 aromatic carbocycles. The van der Waals surface area contributed by atoms with Gasteiger partial charge in [0.2, 0.25) is 0 Å². The van der Waals surface area contributed by atoms with Gasteiger partial charge in [-0.15, -0.1) is 11.3 Å². The van der Waals surface area contributed by atoms with Gasteiger partial charge in [0.1, 0.15) is 0 Å². The van der Waals surface area contributed by atoms with Gasteiger partial charge in [-0.3, -0.25) is 4.98 Å². The second kappa shape index (κ2) is 2.32. The van der Waals surface area contributed by atoms with Crippen molar-refractivity contribution >= 4 is 11.3 Å². The molecular formula is C7H10N2S. The van der Waals surface area contributed by atoms with Crippen molar-refractivity contribution in [2.75, 3.05) is 0 Å². The largest absolute Gasteiger partial charge is 0.327 e. The van der Waals surface area contributed by atoms with Crippen molar-refractivity contribution in [1.82, 2.24) is 4.98 Å². The first-order valence-electron chi connectivity index (χ1n) is 3.52. The minimum absolute atomic E-state index is 0.403. The molecule has 2 nitrogen and oxygen atoms in total. The van der Waals surface area contributed by atoms with Gasteiger partial charge in [-0.25, -0.2) is 0 Å². The van der Waals surface area contributed by atoms with Crippen molar-refractivity contribution in [2.24, 2.45) is 5.73 Å². The first kappa shape index (κ1) is 6.31. The zero-order chi connectivity index (χ0) is 6.97. The van der Waals surface area contributed by atoms with E-state index >= 15 is 0 Å². The van der Waals surface area contributed by atoms with E-state index in [1.807, 2.05) is 11.7 Å². The van der Waals surface area contributed by atoms with E-state index in [1.54, 1.807) is 11.3 Å². The highest BCUT2D eigenvalue weighted by atomic mass is 32.1. The predicted molar refractivity (Wildman–Crippen MR) is 42.1 cm³/mol. The predicted octanol–water partition coefficient (Wildman–Crippen LogP) is 1.35. The van der Waals surface area contributed by atoms with E-state index in [9.17, 15) is 0 Å². The second-order valence-electron chi connectivity index (χ2n) is 2.75. The molecule has 0 saturated heterocycles. The van der Waals surface area contributed by atoms with Gasteiger partial charge in [0.25, 0.3) is 0 Å². The van der Waals surface area contributed by atoms with Crippen LogP contribution in [0.15, 0.2) is 11.7 Å². The van der Waals surface area contributed by atoms with Crippen molar-refractivity contribution in [3.63, 3.8) is 0 Å². The Morgan fingerprint density at radius 2 is 2.50 bits per heavy atom. The minimum atomic E-state index is 0.403. The Morgan fingerprint density at radius 3 is 2.90 bits per heavy atom. The van der Waals surface area contributed by atoms with Crippen LogP contribution in [-0.4, -0.2) is 11.0 Å². The topological polar surface area (TPSA) is 38.9 Å². The third-order valence-corrected chi connectivity index (χ3v) is 3.05. The quantitative estimate of drug-likeness (QED) is 0.663. The van der Waals surface area contributed by atoms with Crippen LogP contribution >= 0.6 is 11.3 Å². The Balaban J connectivity index is 2.14. The van der Waals surface area contributed by atoms with Gasteiger partial charge in [-0.2, -0.15) is 0 Å². The van der Waals surface area contributed by atoms with Gasteiger partial charge in [0.15, 0.2) is 0 Å². The summed E-state index contributed by atoms with van der Waals surface area (Å²) in [7, 11) is 0. The fraction of sp³-hybridized carbons (Fsp3) is 0.571. The lowest BCUT2D eigenvalue weighted by atomic mass is 9.79. The number of hydrogen-bond donors (Lipinski definition) is 1. The third kappa shape index (κ3) is 0.859. The first-order valence-corrected chi connectivity index (χ1v) is 4.40. The average Bonchev–Trinajstić information content (AvgIpc) is 2.37. The molecule has 1 saturated carbocycles. The molecule has 3 heteroatoms. The van der Waals surface area contributed by atoms with E-state index in [0.717, 1.165) is 0 Å². The minimum Gasteiger partial charge on any atom is -0.327 e. The summed E-state index contributed by atoms with van der Waals surface area (Å²) in [5.74, 6) is 0.618. The Kier molecular flexibility index (Phi) is 1.47. The molecule has 2 atom stereocenters. The van der Waals surface area contributed by atoms with Crippen molar-refractivity contribution < 1.29 is 0 Å². The van der Waals surface area contributed by atoms with Crippen LogP contribution in [0, 0.1) is 0 Å². The summed E-state index contributed by atoms with van der Waals surface area (Å²) in [5.41, 5.74) is 7.67. The van der Waals surface area contributed by atoms with Gasteiger partial charge in [-0.05, 0) is 12.8 Å². The lowest BCUT2D eigenvalue weighted by Crippen LogP contribution is -2.36. The summed E-state index contributed by atoms with van der Waals surface area (Å²) in [4.78, 5) is 5.38. The van der Waals surface area contributed by atoms with E-state index in [1.165, 1.54) is 17.7 Å². The summed E-state index contributed by atoms with van der Waals surface area (Å²) in [5, 5.41) is 0. The highest BCUT2D eigenvalue weighted by Crippen LogP contribution is 2.36. The van der Waals surface area contributed by atoms with Crippen LogP contribution in [-0.2, 0) is 0 Å². The van der Waals surface area contributed by atoms with Gasteiger partial charge >= 0.3 is 0 Å². The maximum absolute atomic E-state index is 5.79. The van der Waals surface area contributed by atoms with Crippen molar-refractivity contribution in [3.05, 3.63) is 16.6 Å². The highest BCUT2D eigenvalue weighted by molar-refractivity contribution is 7.09. The van der Waals surface area contributed by atoms with Gasteiger partial charge in [0, 0.05) is 23.0 Å². The number of rotatable bonds is 1. The highest BCUT2D eigenvalue weighted by Gasteiger charge is 2.29. The number of nitrogens with two attached hydrogens (primary N) is 1. The van der Waals surface area contributed by atoms with Gasteiger partial charge < -0.3 is 5.73 Å². The summed E-state index contributed by atoms with van der Waals surface area (Å²) in [6, 6.07) is 0.403. The maximum atomic E-state index is 5.79. The Morgan fingerprint density at radius 1 is 1.60 bits per heavy atom. The lowest BCUT2D eigenvalue weighted by molar-refractivity contribution is 0.351. The smallest absolute Gasteiger partial charge is 0.0794 e. The standard InChI is InChI=1S/C7H10N2S/c8-6-2-1-5(6)7-3-9-4-10-7/h3-6H,1-2,8H2. The van der Waals surface area contributed by atoms with Crippen molar-refractivity contribution in [3.8, 4) is 0 Å². The molecule has 54 valence electrons. The molecule has 10 heavy (non-hydrogen) atoms. The summed E-state index contributed by atoms with van der Waals surface area (Å²) in [6.45, 7) is 0. The molecule has 1 aromatic rings. The lowest BCUT2D eigenvalue weighted by Gasteiger charge is -2.32. The molecular weight excluding hydrogens is 144 g/mol. The fourth-order valence-corrected chi connectivity index (χ4v) is 2.12. The van der Waals surface area contributed by atoms with E-state index in [2.05, 4.69) is 4.98 Å². The molecule has 0 aliphatic heterocycles. The maximum Gasteiger partial charge on any atom is 0.0794 e. The van der Waals surface area contributed by atoms with Crippen molar-refractivity contribution in [2.45, 2.75) is 24.8 Å². The van der Waals surface area contributed by atoms with Crippen LogP contribution < -0.4 is 5.73 Å². The molecule has 1 aliphatic rings. The molecule has 0 spiro atoms. The van der Waals surface area contributed by atoms with Crippen LogP contribution in [0.2, 0.25) is 0 Å². The number of thiazole rings is 1. The number of hydrogen-bond acceptors (Lipinski definition) is 3. The molecule has 0 radical (unpaired) electrons. The summed E-state index contributed by atoms with van der Waals surface area (Å²) < 4.78 is 0. The molecule has 2 N–H and O–H groups in total. The summed E-state index contributed by atoms with van der Waals surface area (Å²) >= 11 is 1.72. The molecule has 1 fully saturated rings. The Hall–Kier alpha value is -0.410. The van der Waals surface area contributed by atoms with E-state index in [-0.39, 0.29) is 0 Å². The van der Waals surface area contributed by atoms with Crippen LogP contribution in [0.1, 0.15) is 23.6 Å². The molecule has 0 bridgehead atoms. The Labute approximate surface area is 64.1 Å². The van der Waals surface area contributed by atoms with Gasteiger partial charge in [-0.1, -0.05) is 0 Å². The fourth-order valence-electron chi connectivity index (χ4n) is 1.29. The van der Waals surface area contributed by atoms with Gasteiger partial charge in [0.05, 0.1) is 5.51 Å². The van der Waals surface area contributed by atoms with E-state index in [4.69, 9.17) is 5.73 Å². The number of aromatic nitrogens is 1. The van der Waals surface area contributed by atoms with Crippen molar-refractivity contribution in [1.29, 1.82) is 0 Å².